The van der Waals surface area contributed by atoms with Crippen LogP contribution in [0.2, 0.25) is 0 Å². The summed E-state index contributed by atoms with van der Waals surface area (Å²) in [5, 5.41) is 2.44. The minimum absolute atomic E-state index is 0.419. The summed E-state index contributed by atoms with van der Waals surface area (Å²) in [5.41, 5.74) is 1.19. The summed E-state index contributed by atoms with van der Waals surface area (Å²) in [7, 11) is 1.31. The van der Waals surface area contributed by atoms with Gasteiger partial charge in [-0.2, -0.15) is 11.8 Å². The van der Waals surface area contributed by atoms with Gasteiger partial charge < -0.3 is 10.1 Å². The van der Waals surface area contributed by atoms with Crippen molar-refractivity contribution in [2.24, 2.45) is 0 Å². The molecule has 0 spiro atoms. The molecule has 1 aromatic carbocycles. The van der Waals surface area contributed by atoms with Gasteiger partial charge >= 0.3 is 5.97 Å². The van der Waals surface area contributed by atoms with E-state index in [1.165, 1.54) is 12.7 Å². The van der Waals surface area contributed by atoms with E-state index in [4.69, 9.17) is 0 Å². The summed E-state index contributed by atoms with van der Waals surface area (Å²) in [4.78, 5) is 21.6. The van der Waals surface area contributed by atoms with E-state index in [9.17, 15) is 9.59 Å². The van der Waals surface area contributed by atoms with Crippen LogP contribution in [0.4, 0.5) is 0 Å². The Hall–Kier alpha value is -1.49. The number of carbonyl (C=O) groups is 2. The maximum atomic E-state index is 11.3. The molecule has 0 aliphatic carbocycles. The first-order valence-corrected chi connectivity index (χ1v) is 6.32. The molecule has 92 valence electrons. The molecule has 0 radical (unpaired) electrons. The van der Waals surface area contributed by atoms with Crippen LogP contribution in [0, 0.1) is 0 Å². The van der Waals surface area contributed by atoms with Gasteiger partial charge in [-0.3, -0.25) is 4.79 Å². The molecule has 4 nitrogen and oxygen atoms in total. The monoisotopic (exact) mass is 253 g/mol. The zero-order valence-corrected chi connectivity index (χ0v) is 10.4. The van der Waals surface area contributed by atoms with Crippen molar-refractivity contribution >= 4 is 24.1 Å². The minimum atomic E-state index is -0.578. The molecule has 1 amide bonds. The van der Waals surface area contributed by atoms with Crippen molar-refractivity contribution in [1.82, 2.24) is 5.32 Å². The first-order valence-electron chi connectivity index (χ1n) is 5.17. The number of nitrogens with one attached hydrogen (secondary N) is 1. The summed E-state index contributed by atoms with van der Waals surface area (Å²) in [5.74, 6) is 0.882. The van der Waals surface area contributed by atoms with Gasteiger partial charge in [-0.05, 0) is 5.56 Å². The van der Waals surface area contributed by atoms with Crippen LogP contribution in [0.3, 0.4) is 0 Å². The van der Waals surface area contributed by atoms with Crippen LogP contribution in [-0.4, -0.2) is 31.3 Å². The second-order valence-corrected chi connectivity index (χ2v) is 4.39. The Morgan fingerprint density at radius 1 is 1.47 bits per heavy atom. The molecule has 0 aliphatic rings. The molecule has 1 atom stereocenters. The predicted molar refractivity (Wildman–Crippen MR) is 67.6 cm³/mol. The molecule has 1 rings (SSSR count). The first-order chi connectivity index (χ1) is 8.27. The lowest BCUT2D eigenvalue weighted by Gasteiger charge is -2.12. The molecule has 1 unspecified atom stereocenters. The lowest BCUT2D eigenvalue weighted by Crippen LogP contribution is -2.38. The van der Waals surface area contributed by atoms with Gasteiger partial charge in [0.2, 0.25) is 6.41 Å². The summed E-state index contributed by atoms with van der Waals surface area (Å²) in [6.45, 7) is 0. The Bertz CT molecular complexity index is 356. The van der Waals surface area contributed by atoms with Gasteiger partial charge in [0.15, 0.2) is 0 Å². The van der Waals surface area contributed by atoms with E-state index in [0.29, 0.717) is 12.2 Å². The fourth-order valence-corrected chi connectivity index (χ4v) is 2.29. The maximum Gasteiger partial charge on any atom is 0.329 e. The molecular weight excluding hydrogens is 238 g/mol. The molecule has 0 bridgehead atoms. The first kappa shape index (κ1) is 13.6. The average molecular weight is 253 g/mol. The minimum Gasteiger partial charge on any atom is -0.467 e. The van der Waals surface area contributed by atoms with E-state index < -0.39 is 12.0 Å². The van der Waals surface area contributed by atoms with Gasteiger partial charge in [0.1, 0.15) is 6.04 Å². The van der Waals surface area contributed by atoms with E-state index in [0.717, 1.165) is 5.75 Å². The number of amides is 1. The molecule has 0 heterocycles. The quantitative estimate of drug-likeness (QED) is 0.586. The normalized spacial score (nSPS) is 11.6. The third-order valence-electron chi connectivity index (χ3n) is 2.15. The fourth-order valence-electron chi connectivity index (χ4n) is 1.28. The Labute approximate surface area is 105 Å². The SMILES string of the molecule is COC(=O)C(CSCc1ccccc1)NC=O. The highest BCUT2D eigenvalue weighted by Crippen LogP contribution is 2.13. The molecule has 0 saturated heterocycles. The second-order valence-electron chi connectivity index (χ2n) is 3.36. The number of hydrogen-bond donors (Lipinski definition) is 1. The zero-order valence-electron chi connectivity index (χ0n) is 9.59. The lowest BCUT2D eigenvalue weighted by molar-refractivity contribution is -0.143. The predicted octanol–water partition coefficient (Wildman–Crippen LogP) is 1.21. The van der Waals surface area contributed by atoms with Crippen LogP contribution < -0.4 is 5.32 Å². The largest absolute Gasteiger partial charge is 0.467 e. The number of methoxy groups -OCH3 is 1. The van der Waals surface area contributed by atoms with Crippen LogP contribution in [0.15, 0.2) is 30.3 Å². The second kappa shape index (κ2) is 7.73. The Morgan fingerprint density at radius 2 is 2.18 bits per heavy atom. The Balaban J connectivity index is 2.37. The molecule has 1 aromatic rings. The highest BCUT2D eigenvalue weighted by molar-refractivity contribution is 7.98. The molecular formula is C12H15NO3S. The van der Waals surface area contributed by atoms with E-state index in [2.05, 4.69) is 10.1 Å². The van der Waals surface area contributed by atoms with Crippen molar-refractivity contribution in [1.29, 1.82) is 0 Å². The summed E-state index contributed by atoms with van der Waals surface area (Å²) in [6, 6.07) is 9.36. The van der Waals surface area contributed by atoms with Gasteiger partial charge in [-0.1, -0.05) is 30.3 Å². The Kier molecular flexibility index (Phi) is 6.17. The van der Waals surface area contributed by atoms with Crippen LogP contribution in [0.25, 0.3) is 0 Å². The molecule has 0 aliphatic heterocycles. The molecule has 0 aromatic heterocycles. The number of carbonyl (C=O) groups excluding carboxylic acids is 2. The molecule has 1 N–H and O–H groups in total. The van der Waals surface area contributed by atoms with Crippen molar-refractivity contribution in [3.05, 3.63) is 35.9 Å². The van der Waals surface area contributed by atoms with Crippen molar-refractivity contribution in [3.63, 3.8) is 0 Å². The van der Waals surface area contributed by atoms with Crippen LogP contribution in [0.1, 0.15) is 5.56 Å². The van der Waals surface area contributed by atoms with Crippen molar-refractivity contribution in [2.75, 3.05) is 12.9 Å². The highest BCUT2D eigenvalue weighted by atomic mass is 32.2. The van der Waals surface area contributed by atoms with Gasteiger partial charge in [0, 0.05) is 11.5 Å². The van der Waals surface area contributed by atoms with Crippen LogP contribution in [0.5, 0.6) is 0 Å². The molecule has 0 saturated carbocycles. The molecule has 0 fully saturated rings. The fraction of sp³-hybridized carbons (Fsp3) is 0.333. The number of esters is 1. The van der Waals surface area contributed by atoms with Crippen molar-refractivity contribution in [2.45, 2.75) is 11.8 Å². The van der Waals surface area contributed by atoms with Gasteiger partial charge in [-0.15, -0.1) is 0 Å². The van der Waals surface area contributed by atoms with E-state index in [1.807, 2.05) is 30.3 Å². The number of thioether (sulfide) groups is 1. The average Bonchev–Trinajstić information content (AvgIpc) is 2.38. The van der Waals surface area contributed by atoms with Crippen LogP contribution in [-0.2, 0) is 20.1 Å². The van der Waals surface area contributed by atoms with Crippen LogP contribution >= 0.6 is 11.8 Å². The molecule has 17 heavy (non-hydrogen) atoms. The topological polar surface area (TPSA) is 55.4 Å². The summed E-state index contributed by atoms with van der Waals surface area (Å²) >= 11 is 1.58. The highest BCUT2D eigenvalue weighted by Gasteiger charge is 2.17. The van der Waals surface area contributed by atoms with E-state index in [1.54, 1.807) is 11.8 Å². The number of hydrogen-bond acceptors (Lipinski definition) is 4. The van der Waals surface area contributed by atoms with Gasteiger partial charge in [0.25, 0.3) is 0 Å². The lowest BCUT2D eigenvalue weighted by atomic mass is 10.2. The van der Waals surface area contributed by atoms with Gasteiger partial charge in [-0.25, -0.2) is 4.79 Å². The van der Waals surface area contributed by atoms with Crippen molar-refractivity contribution in [3.8, 4) is 0 Å². The summed E-state index contributed by atoms with van der Waals surface area (Å²) < 4.78 is 4.59. The third-order valence-corrected chi connectivity index (χ3v) is 3.26. The molecule has 5 heteroatoms. The third kappa shape index (κ3) is 4.91. The number of benzene rings is 1. The maximum absolute atomic E-state index is 11.3. The van der Waals surface area contributed by atoms with Gasteiger partial charge in [0.05, 0.1) is 7.11 Å². The summed E-state index contributed by atoms with van der Waals surface area (Å²) in [6.07, 6.45) is 0.519. The number of ether oxygens (including phenoxy) is 1. The zero-order chi connectivity index (χ0) is 12.5. The number of rotatable bonds is 7. The Morgan fingerprint density at radius 3 is 2.76 bits per heavy atom. The smallest absolute Gasteiger partial charge is 0.329 e. The van der Waals surface area contributed by atoms with E-state index in [-0.39, 0.29) is 0 Å². The van der Waals surface area contributed by atoms with E-state index >= 15 is 0 Å². The standard InChI is InChI=1S/C12H15NO3S/c1-16-12(15)11(13-9-14)8-17-7-10-5-3-2-4-6-10/h2-6,9,11H,7-8H2,1H3,(H,13,14). The van der Waals surface area contributed by atoms with Crippen molar-refractivity contribution < 1.29 is 14.3 Å².